The summed E-state index contributed by atoms with van der Waals surface area (Å²) in [6.45, 7) is 0. The quantitative estimate of drug-likeness (QED) is 0.437. The lowest BCUT2D eigenvalue weighted by Gasteiger charge is -2.24. The normalized spacial score (nSPS) is 17.8. The Morgan fingerprint density at radius 1 is 1.24 bits per heavy atom. The van der Waals surface area contributed by atoms with Gasteiger partial charge in [-0.15, -0.1) is 5.10 Å². The van der Waals surface area contributed by atoms with E-state index in [9.17, 15) is 9.18 Å². The highest BCUT2D eigenvalue weighted by atomic mass is 19.1. The van der Waals surface area contributed by atoms with Crippen LogP contribution in [-0.2, 0) is 4.79 Å². The predicted molar refractivity (Wildman–Crippen MR) is 123 cm³/mol. The zero-order valence-corrected chi connectivity index (χ0v) is 17.5. The SMILES string of the molecule is [B]C([B])([B])Nc1ncc(-c2nc3ccc(OC)cn3n2)c2cc(NC(=O)[C@H]3C[C@H]3F)ncc12. The van der Waals surface area contributed by atoms with Gasteiger partial charge in [-0.05, 0) is 24.6 Å². The van der Waals surface area contributed by atoms with E-state index in [1.54, 1.807) is 36.0 Å². The van der Waals surface area contributed by atoms with E-state index in [4.69, 9.17) is 28.3 Å². The van der Waals surface area contributed by atoms with Gasteiger partial charge in [0.1, 0.15) is 23.6 Å². The van der Waals surface area contributed by atoms with E-state index < -0.39 is 23.2 Å². The van der Waals surface area contributed by atoms with Crippen molar-refractivity contribution in [2.24, 2.45) is 5.92 Å². The van der Waals surface area contributed by atoms with Gasteiger partial charge >= 0.3 is 0 Å². The van der Waals surface area contributed by atoms with Crippen LogP contribution in [0, 0.1) is 5.92 Å². The lowest BCUT2D eigenvalue weighted by molar-refractivity contribution is -0.117. The van der Waals surface area contributed by atoms with E-state index in [0.717, 1.165) is 0 Å². The molecule has 1 fully saturated rings. The zero-order chi connectivity index (χ0) is 23.3. The summed E-state index contributed by atoms with van der Waals surface area (Å²) in [5, 5.41) is 9.27. The topological polar surface area (TPSA) is 106 Å². The summed E-state index contributed by atoms with van der Waals surface area (Å²) >= 11 is 0. The van der Waals surface area contributed by atoms with Crippen LogP contribution in [0.4, 0.5) is 16.0 Å². The molecule has 1 aliphatic rings. The van der Waals surface area contributed by atoms with E-state index in [1.165, 1.54) is 12.4 Å². The number of halogens is 1. The summed E-state index contributed by atoms with van der Waals surface area (Å²) < 4.78 is 20.1. The van der Waals surface area contributed by atoms with Crippen LogP contribution in [0.2, 0.25) is 0 Å². The van der Waals surface area contributed by atoms with Crippen molar-refractivity contribution in [2.75, 3.05) is 17.7 Å². The first-order chi connectivity index (χ1) is 15.7. The van der Waals surface area contributed by atoms with Gasteiger partial charge in [0.15, 0.2) is 11.5 Å². The second-order valence-electron chi connectivity index (χ2n) is 7.85. The predicted octanol–water partition coefficient (Wildman–Crippen LogP) is 1.17. The summed E-state index contributed by atoms with van der Waals surface area (Å²) in [4.78, 5) is 25.4. The molecule has 1 saturated carbocycles. The first-order valence-electron chi connectivity index (χ1n) is 10.0. The van der Waals surface area contributed by atoms with E-state index in [0.29, 0.717) is 33.6 Å². The van der Waals surface area contributed by atoms with Crippen LogP contribution in [0.5, 0.6) is 5.75 Å². The zero-order valence-electron chi connectivity index (χ0n) is 17.5. The fourth-order valence-corrected chi connectivity index (χ4v) is 3.44. The summed E-state index contributed by atoms with van der Waals surface area (Å²) in [5.74, 6) is 0.441. The molecule has 0 saturated heterocycles. The van der Waals surface area contributed by atoms with Gasteiger partial charge in [0.25, 0.3) is 0 Å². The van der Waals surface area contributed by atoms with Crippen molar-refractivity contribution in [1.82, 2.24) is 24.6 Å². The number of nitrogens with zero attached hydrogens (tertiary/aromatic N) is 5. The minimum Gasteiger partial charge on any atom is -0.495 e. The molecule has 1 amide bonds. The minimum absolute atomic E-state index is 0.211. The summed E-state index contributed by atoms with van der Waals surface area (Å²) in [5.41, 5.74) is 1.15. The maximum atomic E-state index is 13.3. The number of amides is 1. The average molecular weight is 437 g/mol. The number of carbonyl (C=O) groups excluding carboxylic acids is 1. The molecule has 9 nitrogen and oxygen atoms in total. The van der Waals surface area contributed by atoms with Crippen molar-refractivity contribution in [2.45, 2.75) is 17.8 Å². The first kappa shape index (κ1) is 21.2. The van der Waals surface area contributed by atoms with Crippen molar-refractivity contribution >= 4 is 57.5 Å². The third kappa shape index (κ3) is 4.22. The molecule has 2 N–H and O–H groups in total. The standard InChI is InChI=1S/C20H15B3FN7O2/c1-33-9-2-3-16-28-18(30-31(16)8-9)13-7-26-17(29-20(21,22)23)12-6-25-15(5-10(12)13)27-19(32)11-4-14(11)24/h2-3,5-8,11,14H,4H2,1H3,(H,26,29)(H,25,27,32)/t11-,14+/m0/s1. The molecular formula is C20H15B3FN7O2. The Hall–Kier alpha value is -3.63. The molecule has 5 rings (SSSR count). The second-order valence-corrected chi connectivity index (χ2v) is 7.85. The Balaban J connectivity index is 1.62. The van der Waals surface area contributed by atoms with Gasteiger partial charge in [0.05, 0.1) is 42.8 Å². The van der Waals surface area contributed by atoms with Gasteiger partial charge in [0.2, 0.25) is 5.91 Å². The lowest BCUT2D eigenvalue weighted by Crippen LogP contribution is -2.40. The molecule has 0 aliphatic heterocycles. The smallest absolute Gasteiger partial charge is 0.231 e. The number of hydrogen-bond donors (Lipinski definition) is 2. The first-order valence-corrected chi connectivity index (χ1v) is 10.0. The highest BCUT2D eigenvalue weighted by Crippen LogP contribution is 2.36. The third-order valence-corrected chi connectivity index (χ3v) is 5.19. The Labute approximate surface area is 191 Å². The number of methoxy groups -OCH3 is 1. The number of anilines is 2. The molecule has 1 aliphatic carbocycles. The van der Waals surface area contributed by atoms with Gasteiger partial charge in [-0.3, -0.25) is 4.79 Å². The average Bonchev–Trinajstić information content (AvgIpc) is 3.35. The van der Waals surface area contributed by atoms with Gasteiger partial charge in [0, 0.05) is 28.7 Å². The molecule has 0 spiro atoms. The summed E-state index contributed by atoms with van der Waals surface area (Å²) in [7, 11) is 18.6. The fraction of sp³-hybridized carbons (Fsp3) is 0.250. The third-order valence-electron chi connectivity index (χ3n) is 5.19. The van der Waals surface area contributed by atoms with Crippen LogP contribution in [0.25, 0.3) is 27.8 Å². The molecule has 158 valence electrons. The Morgan fingerprint density at radius 2 is 2.03 bits per heavy atom. The van der Waals surface area contributed by atoms with Crippen LogP contribution in [-0.4, -0.2) is 72.5 Å². The molecule has 2 atom stereocenters. The molecule has 0 bridgehead atoms. The Morgan fingerprint density at radius 3 is 2.73 bits per heavy atom. The molecule has 0 aromatic carbocycles. The second kappa shape index (κ2) is 7.75. The number of ether oxygens (including phenoxy) is 1. The number of aromatic nitrogens is 5. The van der Waals surface area contributed by atoms with Crippen molar-refractivity contribution in [3.8, 4) is 17.1 Å². The minimum atomic E-state index is -1.73. The molecule has 13 heteroatoms. The Bertz CT molecular complexity index is 1390. The summed E-state index contributed by atoms with van der Waals surface area (Å²) in [6, 6.07) is 5.17. The maximum Gasteiger partial charge on any atom is 0.231 e. The molecule has 4 aromatic rings. The molecule has 33 heavy (non-hydrogen) atoms. The van der Waals surface area contributed by atoms with Crippen molar-refractivity contribution < 1.29 is 13.9 Å². The molecular weight excluding hydrogens is 422 g/mol. The van der Waals surface area contributed by atoms with Crippen LogP contribution >= 0.6 is 0 Å². The number of pyridine rings is 3. The number of nitrogens with one attached hydrogen (secondary N) is 2. The van der Waals surface area contributed by atoms with Gasteiger partial charge in [-0.25, -0.2) is 23.9 Å². The van der Waals surface area contributed by atoms with Crippen LogP contribution in [0.3, 0.4) is 0 Å². The fourth-order valence-electron chi connectivity index (χ4n) is 3.44. The number of hydrogen-bond acceptors (Lipinski definition) is 7. The van der Waals surface area contributed by atoms with E-state index in [2.05, 4.69) is 30.7 Å². The van der Waals surface area contributed by atoms with E-state index in [-0.39, 0.29) is 18.1 Å². The summed E-state index contributed by atoms with van der Waals surface area (Å²) in [6.07, 6.45) is 3.80. The number of fused-ring (bicyclic) bond motifs is 2. The van der Waals surface area contributed by atoms with Crippen LogP contribution in [0.1, 0.15) is 6.42 Å². The molecule has 6 radical (unpaired) electrons. The highest BCUT2D eigenvalue weighted by molar-refractivity contribution is 6.60. The lowest BCUT2D eigenvalue weighted by atomic mass is 9.49. The number of alkyl halides is 1. The maximum absolute atomic E-state index is 13.3. The monoisotopic (exact) mass is 437 g/mol. The molecule has 0 unspecified atom stereocenters. The molecule has 4 heterocycles. The van der Waals surface area contributed by atoms with Gasteiger partial charge < -0.3 is 15.4 Å². The van der Waals surface area contributed by atoms with E-state index in [1.807, 2.05) is 0 Å². The van der Waals surface area contributed by atoms with Gasteiger partial charge in [-0.1, -0.05) is 5.24 Å². The van der Waals surface area contributed by atoms with Crippen LogP contribution in [0.15, 0.2) is 36.8 Å². The van der Waals surface area contributed by atoms with E-state index >= 15 is 0 Å². The van der Waals surface area contributed by atoms with Crippen LogP contribution < -0.4 is 15.4 Å². The van der Waals surface area contributed by atoms with Crippen molar-refractivity contribution in [3.63, 3.8) is 0 Å². The van der Waals surface area contributed by atoms with Gasteiger partial charge in [-0.2, -0.15) is 0 Å². The van der Waals surface area contributed by atoms with Crippen molar-refractivity contribution in [3.05, 3.63) is 36.8 Å². The largest absolute Gasteiger partial charge is 0.495 e. The molecule has 4 aromatic heterocycles. The number of carbonyl (C=O) groups is 1. The highest BCUT2D eigenvalue weighted by Gasteiger charge is 2.43. The Kier molecular flexibility index (Phi) is 4.99. The van der Waals surface area contributed by atoms with Crippen molar-refractivity contribution in [1.29, 1.82) is 0 Å². The number of rotatable bonds is 6.